The molecular weight excluding hydrogens is 412 g/mol. The van der Waals surface area contributed by atoms with Crippen molar-refractivity contribution in [2.24, 2.45) is 0 Å². The van der Waals surface area contributed by atoms with Gasteiger partial charge in [0.2, 0.25) is 5.91 Å². The molecule has 1 saturated heterocycles. The first-order valence-electron chi connectivity index (χ1n) is 10.4. The molecule has 158 valence electrons. The van der Waals surface area contributed by atoms with E-state index in [9.17, 15) is 14.4 Å². The van der Waals surface area contributed by atoms with Gasteiger partial charge in [-0.05, 0) is 37.1 Å². The van der Waals surface area contributed by atoms with Crippen molar-refractivity contribution in [2.75, 3.05) is 11.9 Å². The molecular formula is C23H22N4O3S. The van der Waals surface area contributed by atoms with Crippen LogP contribution in [0.3, 0.4) is 0 Å². The fourth-order valence-corrected chi connectivity index (χ4v) is 5.32. The van der Waals surface area contributed by atoms with E-state index in [1.165, 1.54) is 4.90 Å². The van der Waals surface area contributed by atoms with Gasteiger partial charge in [-0.1, -0.05) is 37.1 Å². The third-order valence-electron chi connectivity index (χ3n) is 5.95. The van der Waals surface area contributed by atoms with Gasteiger partial charge >= 0.3 is 6.03 Å². The van der Waals surface area contributed by atoms with Gasteiger partial charge in [0.1, 0.15) is 10.5 Å². The molecule has 0 radical (unpaired) electrons. The number of fused-ring (bicyclic) bond motifs is 1. The van der Waals surface area contributed by atoms with Gasteiger partial charge < -0.3 is 10.6 Å². The number of urea groups is 1. The van der Waals surface area contributed by atoms with Crippen LogP contribution in [-0.2, 0) is 9.59 Å². The summed E-state index contributed by atoms with van der Waals surface area (Å²) in [5.41, 5.74) is 1.80. The maximum atomic E-state index is 12.7. The van der Waals surface area contributed by atoms with Crippen LogP contribution in [0.5, 0.6) is 0 Å². The number of amides is 4. The summed E-state index contributed by atoms with van der Waals surface area (Å²) in [6.07, 6.45) is 3.29. The van der Waals surface area contributed by atoms with Crippen molar-refractivity contribution in [3.8, 4) is 10.6 Å². The zero-order valence-corrected chi connectivity index (χ0v) is 17.7. The molecule has 2 fully saturated rings. The van der Waals surface area contributed by atoms with Gasteiger partial charge in [0, 0.05) is 24.2 Å². The molecule has 4 amide bonds. The monoisotopic (exact) mass is 434 g/mol. The zero-order valence-electron chi connectivity index (χ0n) is 16.9. The van der Waals surface area contributed by atoms with E-state index in [2.05, 4.69) is 15.6 Å². The molecule has 2 aromatic carbocycles. The number of anilines is 1. The molecule has 1 spiro atoms. The Morgan fingerprint density at radius 2 is 1.94 bits per heavy atom. The predicted molar refractivity (Wildman–Crippen MR) is 120 cm³/mol. The highest BCUT2D eigenvalue weighted by Gasteiger charge is 2.52. The summed E-state index contributed by atoms with van der Waals surface area (Å²) in [7, 11) is 0. The van der Waals surface area contributed by atoms with Crippen molar-refractivity contribution >= 4 is 45.1 Å². The topological polar surface area (TPSA) is 91.4 Å². The molecule has 8 heteroatoms. The van der Waals surface area contributed by atoms with Crippen molar-refractivity contribution in [3.05, 3.63) is 48.5 Å². The van der Waals surface area contributed by atoms with Gasteiger partial charge in [0.15, 0.2) is 0 Å². The van der Waals surface area contributed by atoms with Crippen LogP contribution >= 0.6 is 11.3 Å². The number of carbonyl (C=O) groups excluding carboxylic acids is 3. The standard InChI is InChI=1S/C23H22N4O3S/c28-19(10-13-27-21(29)23(26-22(27)30)11-3-4-12-23)24-16-7-5-6-15(14-16)20-25-17-8-1-2-9-18(17)31-20/h1-2,5-9,14H,3-4,10-13H2,(H,24,28)(H,26,30). The predicted octanol–water partition coefficient (Wildman–Crippen LogP) is 4.16. The van der Waals surface area contributed by atoms with E-state index in [1.54, 1.807) is 11.3 Å². The van der Waals surface area contributed by atoms with Crippen LogP contribution in [0.15, 0.2) is 48.5 Å². The summed E-state index contributed by atoms with van der Waals surface area (Å²) in [6.45, 7) is 0.0792. The molecule has 1 aliphatic heterocycles. The van der Waals surface area contributed by atoms with Crippen LogP contribution in [0.2, 0.25) is 0 Å². The Labute approximate surface area is 183 Å². The number of nitrogens with zero attached hydrogens (tertiary/aromatic N) is 2. The Hall–Kier alpha value is -3.26. The first kappa shape index (κ1) is 19.7. The molecule has 2 heterocycles. The van der Waals surface area contributed by atoms with Crippen LogP contribution in [0.25, 0.3) is 20.8 Å². The second-order valence-electron chi connectivity index (χ2n) is 8.04. The number of thiazole rings is 1. The Kier molecular flexibility index (Phi) is 4.94. The fraction of sp³-hybridized carbons (Fsp3) is 0.304. The Balaban J connectivity index is 1.23. The minimum Gasteiger partial charge on any atom is -0.326 e. The quantitative estimate of drug-likeness (QED) is 0.590. The fourth-order valence-electron chi connectivity index (χ4n) is 4.36. The van der Waals surface area contributed by atoms with Crippen molar-refractivity contribution in [1.82, 2.24) is 15.2 Å². The molecule has 7 nitrogen and oxygen atoms in total. The number of nitrogens with one attached hydrogen (secondary N) is 2. The molecule has 1 aliphatic carbocycles. The maximum Gasteiger partial charge on any atom is 0.325 e. The molecule has 0 atom stereocenters. The number of para-hydroxylation sites is 1. The average Bonchev–Trinajstić information content (AvgIpc) is 3.46. The maximum absolute atomic E-state index is 12.7. The third-order valence-corrected chi connectivity index (χ3v) is 7.04. The summed E-state index contributed by atoms with van der Waals surface area (Å²) >= 11 is 1.60. The number of aromatic nitrogens is 1. The number of hydrogen-bond acceptors (Lipinski definition) is 5. The number of hydrogen-bond donors (Lipinski definition) is 2. The summed E-state index contributed by atoms with van der Waals surface area (Å²) in [5.74, 6) is -0.435. The summed E-state index contributed by atoms with van der Waals surface area (Å²) in [4.78, 5) is 43.3. The van der Waals surface area contributed by atoms with Gasteiger partial charge in [-0.2, -0.15) is 0 Å². The van der Waals surface area contributed by atoms with Gasteiger partial charge in [-0.15, -0.1) is 11.3 Å². The second-order valence-corrected chi connectivity index (χ2v) is 9.07. The number of imide groups is 1. The molecule has 3 aromatic rings. The smallest absolute Gasteiger partial charge is 0.325 e. The molecule has 2 aliphatic rings. The summed E-state index contributed by atoms with van der Waals surface area (Å²) in [5, 5.41) is 6.60. The van der Waals surface area contributed by atoms with Crippen LogP contribution in [0.1, 0.15) is 32.1 Å². The normalized spacial score (nSPS) is 17.5. The molecule has 1 aromatic heterocycles. The average molecular weight is 435 g/mol. The largest absolute Gasteiger partial charge is 0.326 e. The van der Waals surface area contributed by atoms with Gasteiger partial charge in [0.25, 0.3) is 5.91 Å². The molecule has 2 N–H and O–H groups in total. The van der Waals surface area contributed by atoms with Crippen LogP contribution in [0.4, 0.5) is 10.5 Å². The lowest BCUT2D eigenvalue weighted by atomic mass is 9.98. The number of rotatable bonds is 5. The Morgan fingerprint density at radius 1 is 1.13 bits per heavy atom. The highest BCUT2D eigenvalue weighted by atomic mass is 32.1. The molecule has 31 heavy (non-hydrogen) atoms. The Bertz CT molecular complexity index is 1150. The lowest BCUT2D eigenvalue weighted by molar-refractivity contribution is -0.131. The number of benzene rings is 2. The molecule has 0 bridgehead atoms. The molecule has 1 saturated carbocycles. The summed E-state index contributed by atoms with van der Waals surface area (Å²) in [6, 6.07) is 15.1. The van der Waals surface area contributed by atoms with E-state index in [-0.39, 0.29) is 24.8 Å². The molecule has 5 rings (SSSR count). The van der Waals surface area contributed by atoms with Crippen molar-refractivity contribution in [1.29, 1.82) is 0 Å². The minimum absolute atomic E-state index is 0.0562. The zero-order chi connectivity index (χ0) is 21.4. The van der Waals surface area contributed by atoms with E-state index in [0.717, 1.165) is 33.6 Å². The first-order chi connectivity index (χ1) is 15.0. The SMILES string of the molecule is O=C(CCN1C(=O)NC2(CCCC2)C1=O)Nc1cccc(-c2nc3ccccc3s2)c1. The van der Waals surface area contributed by atoms with Crippen molar-refractivity contribution in [2.45, 2.75) is 37.6 Å². The van der Waals surface area contributed by atoms with Gasteiger partial charge in [0.05, 0.1) is 10.2 Å². The highest BCUT2D eigenvalue weighted by molar-refractivity contribution is 7.21. The Morgan fingerprint density at radius 3 is 2.74 bits per heavy atom. The first-order valence-corrected chi connectivity index (χ1v) is 11.3. The minimum atomic E-state index is -0.737. The summed E-state index contributed by atoms with van der Waals surface area (Å²) < 4.78 is 1.11. The van der Waals surface area contributed by atoms with E-state index in [0.29, 0.717) is 18.5 Å². The van der Waals surface area contributed by atoms with E-state index >= 15 is 0 Å². The van der Waals surface area contributed by atoms with Crippen LogP contribution in [0, 0.1) is 0 Å². The lowest BCUT2D eigenvalue weighted by Gasteiger charge is -2.19. The van der Waals surface area contributed by atoms with Gasteiger partial charge in [-0.25, -0.2) is 9.78 Å². The number of carbonyl (C=O) groups is 3. The van der Waals surface area contributed by atoms with Crippen LogP contribution in [-0.4, -0.2) is 39.8 Å². The van der Waals surface area contributed by atoms with E-state index < -0.39 is 11.6 Å². The van der Waals surface area contributed by atoms with E-state index in [4.69, 9.17) is 0 Å². The van der Waals surface area contributed by atoms with E-state index in [1.807, 2.05) is 48.5 Å². The molecule has 0 unspecified atom stereocenters. The third kappa shape index (κ3) is 3.67. The van der Waals surface area contributed by atoms with Crippen molar-refractivity contribution in [3.63, 3.8) is 0 Å². The van der Waals surface area contributed by atoms with Crippen molar-refractivity contribution < 1.29 is 14.4 Å². The van der Waals surface area contributed by atoms with Gasteiger partial charge in [-0.3, -0.25) is 14.5 Å². The highest BCUT2D eigenvalue weighted by Crippen LogP contribution is 2.35. The lowest BCUT2D eigenvalue weighted by Crippen LogP contribution is -2.44. The van der Waals surface area contributed by atoms with Crippen LogP contribution < -0.4 is 10.6 Å². The second kappa shape index (κ2) is 7.77.